The zero-order valence-corrected chi connectivity index (χ0v) is 13.0. The van der Waals surface area contributed by atoms with E-state index < -0.39 is 11.2 Å². The highest BCUT2D eigenvalue weighted by Crippen LogP contribution is 2.42. The third kappa shape index (κ3) is 2.52. The normalized spacial score (nSPS) is 23.3. The summed E-state index contributed by atoms with van der Waals surface area (Å²) in [6.07, 6.45) is 1.58. The van der Waals surface area contributed by atoms with Crippen LogP contribution >= 0.6 is 0 Å². The topological polar surface area (TPSA) is 71.3 Å². The molecule has 1 radical (unpaired) electrons. The molecule has 6 nitrogen and oxygen atoms in total. The molecule has 0 aliphatic carbocycles. The molecule has 1 N–H and O–H groups in total. The molecule has 1 aromatic rings. The molecule has 113 valence electrons. The summed E-state index contributed by atoms with van der Waals surface area (Å²) in [5.41, 5.74) is -0.150. The van der Waals surface area contributed by atoms with Crippen molar-refractivity contribution in [3.63, 3.8) is 0 Å². The Bertz CT molecular complexity index is 593. The first-order chi connectivity index (χ1) is 9.69. The molecular weight excluding hydrogens is 268 g/mol. The molecule has 1 aromatic carbocycles. The number of nitrogens with zero attached hydrogens (tertiary/aromatic N) is 4. The fraction of sp³-hybridized carbons (Fsp3) is 0.467. The van der Waals surface area contributed by atoms with E-state index in [1.54, 1.807) is 30.5 Å². The van der Waals surface area contributed by atoms with Gasteiger partial charge in [0.1, 0.15) is 17.1 Å². The number of hydrogen-bond donors (Lipinski definition) is 1. The highest BCUT2D eigenvalue weighted by atomic mass is 16.5. The lowest BCUT2D eigenvalue weighted by Gasteiger charge is -2.32. The summed E-state index contributed by atoms with van der Waals surface area (Å²) in [7, 11) is 1.86. The Morgan fingerprint density at radius 3 is 2.33 bits per heavy atom. The van der Waals surface area contributed by atoms with Crippen LogP contribution in [0.2, 0.25) is 0 Å². The third-order valence-electron chi connectivity index (χ3n) is 4.04. The van der Waals surface area contributed by atoms with Gasteiger partial charge in [0.05, 0.1) is 17.4 Å². The van der Waals surface area contributed by atoms with E-state index in [-0.39, 0.29) is 5.75 Å². The Kier molecular flexibility index (Phi) is 3.78. The highest BCUT2D eigenvalue weighted by molar-refractivity contribution is 5.49. The number of likely N-dealkylation sites (N-methyl/N-ethyl adjacent to an activating group) is 1. The number of phenolic OH excluding ortho intramolecular Hbond substituents is 1. The van der Waals surface area contributed by atoms with E-state index in [9.17, 15) is 10.3 Å². The fourth-order valence-electron chi connectivity index (χ4n) is 2.57. The van der Waals surface area contributed by atoms with Crippen molar-refractivity contribution in [2.45, 2.75) is 38.9 Å². The average molecular weight is 289 g/mol. The second-order valence-corrected chi connectivity index (χ2v) is 6.13. The van der Waals surface area contributed by atoms with E-state index in [1.807, 2.05) is 39.6 Å². The molecule has 0 bridgehead atoms. The van der Waals surface area contributed by atoms with Crippen molar-refractivity contribution in [2.24, 2.45) is 10.2 Å². The number of benzene rings is 1. The minimum absolute atomic E-state index is 0.0736. The first kappa shape index (κ1) is 15.5. The molecule has 0 saturated carbocycles. The van der Waals surface area contributed by atoms with Gasteiger partial charge in [0.15, 0.2) is 0 Å². The van der Waals surface area contributed by atoms with Gasteiger partial charge in [-0.3, -0.25) is 0 Å². The predicted octanol–water partition coefficient (Wildman–Crippen LogP) is 3.42. The van der Waals surface area contributed by atoms with E-state index in [4.69, 9.17) is 0 Å². The van der Waals surface area contributed by atoms with Crippen molar-refractivity contribution in [2.75, 3.05) is 7.05 Å². The summed E-state index contributed by atoms with van der Waals surface area (Å²) in [5, 5.41) is 31.1. The van der Waals surface area contributed by atoms with E-state index in [0.29, 0.717) is 5.69 Å². The number of rotatable bonds is 2. The van der Waals surface area contributed by atoms with Gasteiger partial charge in [-0.2, -0.15) is 5.11 Å². The van der Waals surface area contributed by atoms with Crippen LogP contribution in [-0.2, 0) is 5.21 Å². The molecule has 1 aliphatic rings. The number of para-hydroxylation sites is 1. The van der Waals surface area contributed by atoms with Crippen LogP contribution < -0.4 is 0 Å². The molecule has 0 atom stereocenters. The first-order valence-electron chi connectivity index (χ1n) is 6.80. The number of hydrogen-bond acceptors (Lipinski definition) is 5. The van der Waals surface area contributed by atoms with Crippen molar-refractivity contribution in [1.82, 2.24) is 9.96 Å². The van der Waals surface area contributed by atoms with Crippen molar-refractivity contribution in [3.8, 4) is 5.75 Å². The van der Waals surface area contributed by atoms with E-state index in [2.05, 4.69) is 10.2 Å². The van der Waals surface area contributed by atoms with Gasteiger partial charge in [-0.15, -0.1) is 15.4 Å². The molecule has 2 rings (SSSR count). The molecule has 0 spiro atoms. The monoisotopic (exact) mass is 289 g/mol. The van der Waals surface area contributed by atoms with Gasteiger partial charge in [-0.1, -0.05) is 12.1 Å². The van der Waals surface area contributed by atoms with Gasteiger partial charge in [0, 0.05) is 7.05 Å². The van der Waals surface area contributed by atoms with Crippen molar-refractivity contribution < 1.29 is 10.3 Å². The molecule has 6 heteroatoms. The zero-order valence-electron chi connectivity index (χ0n) is 13.0. The van der Waals surface area contributed by atoms with Gasteiger partial charge in [0.25, 0.3) is 0 Å². The van der Waals surface area contributed by atoms with Crippen LogP contribution in [0.5, 0.6) is 5.75 Å². The molecule has 0 amide bonds. The quantitative estimate of drug-likeness (QED) is 0.848. The van der Waals surface area contributed by atoms with Crippen LogP contribution in [0.4, 0.5) is 5.69 Å². The molecule has 0 unspecified atom stereocenters. The first-order valence-corrected chi connectivity index (χ1v) is 6.80. The molecule has 1 heterocycles. The van der Waals surface area contributed by atoms with E-state index >= 15 is 0 Å². The molecule has 1 fully saturated rings. The summed E-state index contributed by atoms with van der Waals surface area (Å²) in [6.45, 7) is 7.44. The predicted molar refractivity (Wildman–Crippen MR) is 79.2 cm³/mol. The highest BCUT2D eigenvalue weighted by Gasteiger charge is 2.52. The number of hydroxylamine groups is 2. The largest absolute Gasteiger partial charge is 0.506 e. The van der Waals surface area contributed by atoms with Gasteiger partial charge in [-0.05, 0) is 39.8 Å². The smallest absolute Gasteiger partial charge is 0.143 e. The summed E-state index contributed by atoms with van der Waals surface area (Å²) < 4.78 is 0. The van der Waals surface area contributed by atoms with Crippen LogP contribution in [0.25, 0.3) is 0 Å². The average Bonchev–Trinajstić information content (AvgIpc) is 2.53. The SMILES string of the molecule is CN1/C(=C/N=Nc2ccccc2O)C(C)(C)N([O])C1(C)C. The molecule has 0 aromatic heterocycles. The Balaban J connectivity index is 2.31. The lowest BCUT2D eigenvalue weighted by molar-refractivity contribution is -0.256. The maximum atomic E-state index is 12.4. The lowest BCUT2D eigenvalue weighted by Crippen LogP contribution is -2.48. The number of azo groups is 1. The maximum absolute atomic E-state index is 12.4. The van der Waals surface area contributed by atoms with Crippen LogP contribution in [0, 0.1) is 0 Å². The second-order valence-electron chi connectivity index (χ2n) is 6.13. The maximum Gasteiger partial charge on any atom is 0.143 e. The van der Waals surface area contributed by atoms with Crippen LogP contribution in [0.1, 0.15) is 27.7 Å². The van der Waals surface area contributed by atoms with Gasteiger partial charge in [0.2, 0.25) is 0 Å². The van der Waals surface area contributed by atoms with Crippen LogP contribution in [-0.4, -0.2) is 33.3 Å². The fourth-order valence-corrected chi connectivity index (χ4v) is 2.57. The summed E-state index contributed by atoms with van der Waals surface area (Å²) in [6, 6.07) is 6.72. The Hall–Kier alpha value is -1.92. The van der Waals surface area contributed by atoms with Gasteiger partial charge in [-0.25, -0.2) is 0 Å². The van der Waals surface area contributed by atoms with Crippen LogP contribution in [0.3, 0.4) is 0 Å². The zero-order chi connectivity index (χ0) is 15.8. The number of aromatic hydroxyl groups is 1. The Morgan fingerprint density at radius 2 is 1.81 bits per heavy atom. The van der Waals surface area contributed by atoms with E-state index in [0.717, 1.165) is 10.8 Å². The summed E-state index contributed by atoms with van der Waals surface area (Å²) >= 11 is 0. The van der Waals surface area contributed by atoms with Crippen molar-refractivity contribution >= 4 is 5.69 Å². The molecule has 1 saturated heterocycles. The minimum Gasteiger partial charge on any atom is -0.506 e. The van der Waals surface area contributed by atoms with E-state index in [1.165, 1.54) is 0 Å². The minimum atomic E-state index is -0.685. The Morgan fingerprint density at radius 1 is 1.19 bits per heavy atom. The van der Waals surface area contributed by atoms with Gasteiger partial charge < -0.3 is 10.0 Å². The van der Waals surface area contributed by atoms with Gasteiger partial charge >= 0.3 is 0 Å². The molecular formula is C15H21N4O2. The summed E-state index contributed by atoms with van der Waals surface area (Å²) in [4.78, 5) is 1.89. The van der Waals surface area contributed by atoms with Crippen molar-refractivity contribution in [1.29, 1.82) is 0 Å². The lowest BCUT2D eigenvalue weighted by atomic mass is 10.0. The standard InChI is InChI=1S/C15H21N4O2/c1-14(2)13(18(5)15(3,4)19(14)21)10-16-17-11-8-6-7-9-12(11)20/h6-10,20H,1-5H3/b13-10+,17-16?. The summed E-state index contributed by atoms with van der Waals surface area (Å²) in [5.74, 6) is 0.0736. The molecule has 21 heavy (non-hydrogen) atoms. The Labute approximate surface area is 125 Å². The number of phenols is 1. The van der Waals surface area contributed by atoms with Crippen molar-refractivity contribution in [3.05, 3.63) is 36.2 Å². The third-order valence-corrected chi connectivity index (χ3v) is 4.04. The van der Waals surface area contributed by atoms with Crippen LogP contribution in [0.15, 0.2) is 46.4 Å². The molecule has 1 aliphatic heterocycles. The second kappa shape index (κ2) is 5.13.